The van der Waals surface area contributed by atoms with Crippen molar-refractivity contribution in [3.63, 3.8) is 0 Å². The van der Waals surface area contributed by atoms with Gasteiger partial charge in [-0.15, -0.1) is 0 Å². The molecule has 2 aromatic rings. The van der Waals surface area contributed by atoms with Crippen LogP contribution in [-0.2, 0) is 7.05 Å². The summed E-state index contributed by atoms with van der Waals surface area (Å²) in [5.41, 5.74) is -0.455. The molecular formula is C9H8N2O3. The van der Waals surface area contributed by atoms with Crippen molar-refractivity contribution in [1.29, 1.82) is 0 Å². The predicted octanol–water partition coefficient (Wildman–Crippen LogP) is -0.0676. The highest BCUT2D eigenvalue weighted by Crippen LogP contribution is 2.13. The molecule has 0 bridgehead atoms. The Hall–Kier alpha value is -2.04. The normalized spacial score (nSPS) is 10.6. The highest BCUT2D eigenvalue weighted by Gasteiger charge is 2.04. The molecule has 14 heavy (non-hydrogen) atoms. The number of H-pyrrole nitrogens is 1. The summed E-state index contributed by atoms with van der Waals surface area (Å²) < 4.78 is 0.960. The van der Waals surface area contributed by atoms with Crippen LogP contribution in [0.3, 0.4) is 0 Å². The second kappa shape index (κ2) is 2.73. The number of nitrogens with zero attached hydrogens (tertiary/aromatic N) is 1. The quantitative estimate of drug-likeness (QED) is 0.613. The molecule has 72 valence electrons. The summed E-state index contributed by atoms with van der Waals surface area (Å²) in [6.45, 7) is 0. The number of hydrogen-bond acceptors (Lipinski definition) is 3. The zero-order chi connectivity index (χ0) is 10.3. The lowest BCUT2D eigenvalue weighted by Gasteiger charge is -2.00. The molecule has 0 spiro atoms. The van der Waals surface area contributed by atoms with Gasteiger partial charge < -0.3 is 10.1 Å². The van der Waals surface area contributed by atoms with Gasteiger partial charge in [-0.05, 0) is 18.2 Å². The van der Waals surface area contributed by atoms with Crippen LogP contribution in [0.15, 0.2) is 27.8 Å². The molecular weight excluding hydrogens is 184 g/mol. The topological polar surface area (TPSA) is 75.1 Å². The molecule has 0 atom stereocenters. The minimum absolute atomic E-state index is 0.00153. The SMILES string of the molecule is Cn1c(=O)[nH]c2ccc(O)cc2c1=O. The van der Waals surface area contributed by atoms with E-state index in [1.807, 2.05) is 0 Å². The summed E-state index contributed by atoms with van der Waals surface area (Å²) >= 11 is 0. The third kappa shape index (κ3) is 1.10. The number of phenols is 1. The van der Waals surface area contributed by atoms with Crippen LogP contribution >= 0.6 is 0 Å². The van der Waals surface area contributed by atoms with Crippen LogP contribution in [0.25, 0.3) is 10.9 Å². The summed E-state index contributed by atoms with van der Waals surface area (Å²) in [7, 11) is 1.38. The molecule has 1 aromatic heterocycles. The van der Waals surface area contributed by atoms with Crippen molar-refractivity contribution in [2.75, 3.05) is 0 Å². The fraction of sp³-hybridized carbons (Fsp3) is 0.111. The van der Waals surface area contributed by atoms with Gasteiger partial charge in [0, 0.05) is 7.05 Å². The van der Waals surface area contributed by atoms with E-state index in [0.717, 1.165) is 4.57 Å². The Balaban J connectivity index is 3.07. The number of phenolic OH excluding ortho intramolecular Hbond substituents is 1. The molecule has 5 nitrogen and oxygen atoms in total. The molecule has 1 aromatic carbocycles. The molecule has 2 N–H and O–H groups in total. The number of nitrogens with one attached hydrogen (secondary N) is 1. The van der Waals surface area contributed by atoms with Crippen molar-refractivity contribution < 1.29 is 5.11 Å². The molecule has 0 fully saturated rings. The van der Waals surface area contributed by atoms with Crippen molar-refractivity contribution in [2.24, 2.45) is 7.05 Å². The molecule has 0 amide bonds. The van der Waals surface area contributed by atoms with Gasteiger partial charge in [0.2, 0.25) is 0 Å². The molecule has 1 heterocycles. The Morgan fingerprint density at radius 2 is 2.07 bits per heavy atom. The first-order valence-electron chi connectivity index (χ1n) is 4.01. The van der Waals surface area contributed by atoms with Crippen LogP contribution in [0.1, 0.15) is 0 Å². The van der Waals surface area contributed by atoms with Crippen LogP contribution < -0.4 is 11.2 Å². The van der Waals surface area contributed by atoms with Crippen molar-refractivity contribution in [1.82, 2.24) is 9.55 Å². The maximum absolute atomic E-state index is 11.5. The molecule has 0 aliphatic carbocycles. The zero-order valence-corrected chi connectivity index (χ0v) is 7.44. The van der Waals surface area contributed by atoms with Gasteiger partial charge in [0.25, 0.3) is 5.56 Å². The number of aromatic amines is 1. The lowest BCUT2D eigenvalue weighted by molar-refractivity contribution is 0.476. The van der Waals surface area contributed by atoms with Gasteiger partial charge in [0.15, 0.2) is 0 Å². The number of hydrogen-bond donors (Lipinski definition) is 2. The van der Waals surface area contributed by atoms with E-state index < -0.39 is 11.2 Å². The van der Waals surface area contributed by atoms with Gasteiger partial charge in [-0.3, -0.25) is 9.36 Å². The zero-order valence-electron chi connectivity index (χ0n) is 7.44. The number of aromatic nitrogens is 2. The van der Waals surface area contributed by atoms with E-state index in [1.54, 1.807) is 0 Å². The molecule has 5 heteroatoms. The Labute approximate surface area is 78.2 Å². The van der Waals surface area contributed by atoms with E-state index in [2.05, 4.69) is 4.98 Å². The van der Waals surface area contributed by atoms with Crippen LogP contribution in [0.5, 0.6) is 5.75 Å². The van der Waals surface area contributed by atoms with Gasteiger partial charge in [-0.1, -0.05) is 0 Å². The van der Waals surface area contributed by atoms with Crippen LogP contribution in [-0.4, -0.2) is 14.7 Å². The summed E-state index contributed by atoms with van der Waals surface area (Å²) in [5, 5.41) is 9.47. The van der Waals surface area contributed by atoms with E-state index in [4.69, 9.17) is 0 Å². The maximum Gasteiger partial charge on any atom is 0.328 e. The average Bonchev–Trinajstić information content (AvgIpc) is 2.16. The second-order valence-corrected chi connectivity index (χ2v) is 3.02. The van der Waals surface area contributed by atoms with E-state index in [-0.39, 0.29) is 5.75 Å². The number of fused-ring (bicyclic) bond motifs is 1. The average molecular weight is 192 g/mol. The number of rotatable bonds is 0. The Bertz CT molecular complexity index is 609. The van der Waals surface area contributed by atoms with E-state index in [0.29, 0.717) is 10.9 Å². The van der Waals surface area contributed by atoms with Crippen molar-refractivity contribution in [3.8, 4) is 5.75 Å². The maximum atomic E-state index is 11.5. The molecule has 2 rings (SSSR count). The Morgan fingerprint density at radius 1 is 1.36 bits per heavy atom. The van der Waals surface area contributed by atoms with Gasteiger partial charge in [-0.25, -0.2) is 4.79 Å². The fourth-order valence-corrected chi connectivity index (χ4v) is 1.29. The van der Waals surface area contributed by atoms with Gasteiger partial charge >= 0.3 is 5.69 Å². The molecule has 0 radical (unpaired) electrons. The van der Waals surface area contributed by atoms with Gasteiger partial charge in [0.1, 0.15) is 5.75 Å². The first-order valence-corrected chi connectivity index (χ1v) is 4.01. The standard InChI is InChI=1S/C9H8N2O3/c1-11-8(13)6-4-5(12)2-3-7(6)10-9(11)14/h2-4,12H,1H3,(H,10,14). The van der Waals surface area contributed by atoms with Crippen LogP contribution in [0.2, 0.25) is 0 Å². The molecule has 0 unspecified atom stereocenters. The summed E-state index contributed by atoms with van der Waals surface area (Å²) in [5.74, 6) is 0.00153. The van der Waals surface area contributed by atoms with Crippen molar-refractivity contribution in [3.05, 3.63) is 39.0 Å². The minimum atomic E-state index is -0.465. The summed E-state index contributed by atoms with van der Waals surface area (Å²) in [4.78, 5) is 25.2. The van der Waals surface area contributed by atoms with E-state index in [1.165, 1.54) is 25.2 Å². The summed E-state index contributed by atoms with van der Waals surface area (Å²) in [6, 6.07) is 4.23. The highest BCUT2D eigenvalue weighted by molar-refractivity contribution is 5.78. The summed E-state index contributed by atoms with van der Waals surface area (Å²) in [6.07, 6.45) is 0. The minimum Gasteiger partial charge on any atom is -0.508 e. The van der Waals surface area contributed by atoms with Crippen LogP contribution in [0, 0.1) is 0 Å². The predicted molar refractivity (Wildman–Crippen MR) is 51.5 cm³/mol. The highest BCUT2D eigenvalue weighted by atomic mass is 16.3. The van der Waals surface area contributed by atoms with Gasteiger partial charge in [0.05, 0.1) is 10.9 Å². The lowest BCUT2D eigenvalue weighted by atomic mass is 10.2. The van der Waals surface area contributed by atoms with Gasteiger partial charge in [-0.2, -0.15) is 0 Å². The monoisotopic (exact) mass is 192 g/mol. The first kappa shape index (κ1) is 8.55. The van der Waals surface area contributed by atoms with Crippen molar-refractivity contribution >= 4 is 10.9 Å². The number of benzene rings is 1. The van der Waals surface area contributed by atoms with E-state index >= 15 is 0 Å². The third-order valence-electron chi connectivity index (χ3n) is 2.08. The molecule has 0 saturated heterocycles. The van der Waals surface area contributed by atoms with Crippen molar-refractivity contribution in [2.45, 2.75) is 0 Å². The van der Waals surface area contributed by atoms with E-state index in [9.17, 15) is 14.7 Å². The molecule has 0 aliphatic heterocycles. The molecule has 0 aliphatic rings. The first-order chi connectivity index (χ1) is 6.59. The smallest absolute Gasteiger partial charge is 0.328 e. The Kier molecular flexibility index (Phi) is 1.67. The third-order valence-corrected chi connectivity index (χ3v) is 2.08. The largest absolute Gasteiger partial charge is 0.508 e. The second-order valence-electron chi connectivity index (χ2n) is 3.02. The lowest BCUT2D eigenvalue weighted by Crippen LogP contribution is -2.32. The van der Waals surface area contributed by atoms with Crippen LogP contribution in [0.4, 0.5) is 0 Å². The Morgan fingerprint density at radius 3 is 2.79 bits per heavy atom. The fourth-order valence-electron chi connectivity index (χ4n) is 1.29. The molecule has 0 saturated carbocycles. The number of aromatic hydroxyl groups is 1.